The summed E-state index contributed by atoms with van der Waals surface area (Å²) < 4.78 is 0. The van der Waals surface area contributed by atoms with Gasteiger partial charge >= 0.3 is 5.97 Å². The monoisotopic (exact) mass is 234 g/mol. The van der Waals surface area contributed by atoms with E-state index in [1.807, 2.05) is 37.3 Å². The molecule has 0 aromatic heterocycles. The van der Waals surface area contributed by atoms with Crippen LogP contribution in [0.25, 0.3) is 0 Å². The van der Waals surface area contributed by atoms with E-state index in [2.05, 4.69) is 10.2 Å². The molecule has 4 nitrogen and oxygen atoms in total. The summed E-state index contributed by atoms with van der Waals surface area (Å²) in [6.45, 7) is 3.79. The topological polar surface area (TPSA) is 52.6 Å². The summed E-state index contributed by atoms with van der Waals surface area (Å²) in [5.41, 5.74) is 1.10. The zero-order valence-electron chi connectivity index (χ0n) is 9.97. The van der Waals surface area contributed by atoms with Crippen molar-refractivity contribution >= 4 is 11.7 Å². The largest absolute Gasteiger partial charge is 0.481 e. The van der Waals surface area contributed by atoms with Crippen LogP contribution in [0.2, 0.25) is 0 Å². The van der Waals surface area contributed by atoms with Gasteiger partial charge in [-0.15, -0.1) is 0 Å². The molecule has 4 heteroatoms. The average Bonchev–Trinajstić information content (AvgIpc) is 2.32. The van der Waals surface area contributed by atoms with Crippen molar-refractivity contribution in [2.75, 3.05) is 18.0 Å². The first-order valence-electron chi connectivity index (χ1n) is 5.95. The van der Waals surface area contributed by atoms with Crippen molar-refractivity contribution in [3.8, 4) is 0 Å². The molecule has 2 rings (SSSR count). The van der Waals surface area contributed by atoms with Gasteiger partial charge in [-0.2, -0.15) is 0 Å². The van der Waals surface area contributed by atoms with Crippen LogP contribution in [0.3, 0.4) is 0 Å². The van der Waals surface area contributed by atoms with Gasteiger partial charge in [0.2, 0.25) is 0 Å². The molecule has 1 fully saturated rings. The first-order valence-corrected chi connectivity index (χ1v) is 5.95. The van der Waals surface area contributed by atoms with Crippen molar-refractivity contribution in [1.82, 2.24) is 5.32 Å². The van der Waals surface area contributed by atoms with E-state index >= 15 is 0 Å². The van der Waals surface area contributed by atoms with Crippen molar-refractivity contribution < 1.29 is 9.90 Å². The Bertz CT molecular complexity index is 380. The minimum atomic E-state index is -0.744. The van der Waals surface area contributed by atoms with E-state index in [4.69, 9.17) is 5.11 Å². The summed E-state index contributed by atoms with van der Waals surface area (Å²) in [7, 11) is 0. The smallest absolute Gasteiger partial charge is 0.305 e. The Labute approximate surface area is 101 Å². The summed E-state index contributed by atoms with van der Waals surface area (Å²) in [5.74, 6) is -0.744. The summed E-state index contributed by atoms with van der Waals surface area (Å²) in [6, 6.07) is 10.2. The van der Waals surface area contributed by atoms with Crippen molar-refractivity contribution in [2.45, 2.75) is 25.4 Å². The third-order valence-electron chi connectivity index (χ3n) is 3.27. The number of hydrogen-bond acceptors (Lipinski definition) is 3. The molecule has 2 atom stereocenters. The van der Waals surface area contributed by atoms with Crippen LogP contribution in [0.4, 0.5) is 5.69 Å². The number of aliphatic carboxylic acids is 1. The average molecular weight is 234 g/mol. The summed E-state index contributed by atoms with van der Waals surface area (Å²) in [6.07, 6.45) is 0.170. The van der Waals surface area contributed by atoms with E-state index < -0.39 is 5.97 Å². The highest BCUT2D eigenvalue weighted by Gasteiger charge is 2.30. The zero-order valence-corrected chi connectivity index (χ0v) is 9.97. The quantitative estimate of drug-likeness (QED) is 0.828. The van der Waals surface area contributed by atoms with Crippen molar-refractivity contribution in [2.24, 2.45) is 0 Å². The Morgan fingerprint density at radius 2 is 2.18 bits per heavy atom. The van der Waals surface area contributed by atoms with Gasteiger partial charge in [-0.25, -0.2) is 0 Å². The highest BCUT2D eigenvalue weighted by Crippen LogP contribution is 2.22. The summed E-state index contributed by atoms with van der Waals surface area (Å²) in [5, 5.41) is 12.3. The molecule has 1 aromatic carbocycles. The first-order chi connectivity index (χ1) is 8.18. The van der Waals surface area contributed by atoms with Gasteiger partial charge in [-0.1, -0.05) is 18.2 Å². The van der Waals surface area contributed by atoms with E-state index in [0.717, 1.165) is 18.8 Å². The first kappa shape index (κ1) is 11.9. The normalized spacial score (nSPS) is 24.6. The number of rotatable bonds is 3. The SMILES string of the molecule is C[C@H]1NCCN(c2ccccc2)[C@@H]1CC(=O)O. The van der Waals surface area contributed by atoms with Crippen LogP contribution < -0.4 is 10.2 Å². The molecule has 0 saturated carbocycles. The molecule has 0 radical (unpaired) electrons. The molecule has 1 saturated heterocycles. The minimum Gasteiger partial charge on any atom is -0.481 e. The van der Waals surface area contributed by atoms with E-state index in [1.165, 1.54) is 0 Å². The predicted molar refractivity (Wildman–Crippen MR) is 67.3 cm³/mol. The number of piperazine rings is 1. The van der Waals surface area contributed by atoms with E-state index in [9.17, 15) is 4.79 Å². The zero-order chi connectivity index (χ0) is 12.3. The van der Waals surface area contributed by atoms with E-state index in [0.29, 0.717) is 0 Å². The van der Waals surface area contributed by atoms with Crippen LogP contribution in [-0.4, -0.2) is 36.2 Å². The standard InChI is InChI=1S/C13H18N2O2/c1-10-12(9-13(16)17)15(8-7-14-10)11-5-3-2-4-6-11/h2-6,10,12,14H,7-9H2,1H3,(H,16,17)/t10-,12-/m1/s1. The molecule has 0 unspecified atom stereocenters. The number of carboxylic acid groups (broad SMARTS) is 1. The summed E-state index contributed by atoms with van der Waals surface area (Å²) >= 11 is 0. The molecule has 0 amide bonds. The predicted octanol–water partition coefficient (Wildman–Crippen LogP) is 1.33. The van der Waals surface area contributed by atoms with Crippen molar-refractivity contribution in [3.63, 3.8) is 0 Å². The molecule has 0 aliphatic carbocycles. The van der Waals surface area contributed by atoms with Gasteiger partial charge in [-0.05, 0) is 19.1 Å². The fraction of sp³-hybridized carbons (Fsp3) is 0.462. The van der Waals surface area contributed by atoms with Crippen molar-refractivity contribution in [1.29, 1.82) is 0 Å². The third kappa shape index (κ3) is 2.77. The second-order valence-electron chi connectivity index (χ2n) is 4.44. The highest BCUT2D eigenvalue weighted by molar-refractivity contribution is 5.69. The van der Waals surface area contributed by atoms with Gasteiger partial charge in [0.15, 0.2) is 0 Å². The lowest BCUT2D eigenvalue weighted by molar-refractivity contribution is -0.137. The van der Waals surface area contributed by atoms with Crippen LogP contribution in [0, 0.1) is 0 Å². The highest BCUT2D eigenvalue weighted by atomic mass is 16.4. The van der Waals surface area contributed by atoms with Gasteiger partial charge in [0.25, 0.3) is 0 Å². The Morgan fingerprint density at radius 1 is 1.47 bits per heavy atom. The number of anilines is 1. The number of para-hydroxylation sites is 1. The van der Waals surface area contributed by atoms with Gasteiger partial charge in [-0.3, -0.25) is 4.79 Å². The summed E-state index contributed by atoms with van der Waals surface area (Å²) in [4.78, 5) is 13.1. The van der Waals surface area contributed by atoms with Gasteiger partial charge in [0.1, 0.15) is 0 Å². The van der Waals surface area contributed by atoms with Gasteiger partial charge < -0.3 is 15.3 Å². The molecular formula is C13H18N2O2. The molecule has 92 valence electrons. The maximum atomic E-state index is 10.9. The second-order valence-corrected chi connectivity index (χ2v) is 4.44. The number of hydrogen-bond donors (Lipinski definition) is 2. The Hall–Kier alpha value is -1.55. The fourth-order valence-electron chi connectivity index (χ4n) is 2.39. The van der Waals surface area contributed by atoms with E-state index in [-0.39, 0.29) is 18.5 Å². The van der Waals surface area contributed by atoms with Crippen molar-refractivity contribution in [3.05, 3.63) is 30.3 Å². The van der Waals surface area contributed by atoms with Gasteiger partial charge in [0.05, 0.1) is 12.5 Å². The lowest BCUT2D eigenvalue weighted by atomic mass is 10.0. The van der Waals surface area contributed by atoms with Crippen LogP contribution in [0.1, 0.15) is 13.3 Å². The Balaban J connectivity index is 2.20. The van der Waals surface area contributed by atoms with Gasteiger partial charge in [0, 0.05) is 24.8 Å². The Kier molecular flexibility index (Phi) is 3.64. The molecule has 0 bridgehead atoms. The number of benzene rings is 1. The minimum absolute atomic E-state index is 0.0173. The number of carboxylic acids is 1. The number of carbonyl (C=O) groups is 1. The molecule has 1 aliphatic rings. The van der Waals surface area contributed by atoms with Crippen LogP contribution in [0.5, 0.6) is 0 Å². The van der Waals surface area contributed by atoms with E-state index in [1.54, 1.807) is 0 Å². The number of nitrogens with zero attached hydrogens (tertiary/aromatic N) is 1. The molecule has 17 heavy (non-hydrogen) atoms. The number of nitrogens with one attached hydrogen (secondary N) is 1. The molecule has 1 heterocycles. The third-order valence-corrected chi connectivity index (χ3v) is 3.27. The lowest BCUT2D eigenvalue weighted by Gasteiger charge is -2.41. The molecule has 0 spiro atoms. The lowest BCUT2D eigenvalue weighted by Crippen LogP contribution is -2.57. The Morgan fingerprint density at radius 3 is 2.82 bits per heavy atom. The fourth-order valence-corrected chi connectivity index (χ4v) is 2.39. The van der Waals surface area contributed by atoms with Crippen LogP contribution in [0.15, 0.2) is 30.3 Å². The van der Waals surface area contributed by atoms with Crippen LogP contribution in [-0.2, 0) is 4.79 Å². The molecular weight excluding hydrogens is 216 g/mol. The maximum Gasteiger partial charge on any atom is 0.305 e. The maximum absolute atomic E-state index is 10.9. The second kappa shape index (κ2) is 5.19. The molecule has 1 aliphatic heterocycles. The molecule has 1 aromatic rings. The molecule has 2 N–H and O–H groups in total. The van der Waals surface area contributed by atoms with Crippen LogP contribution >= 0.6 is 0 Å².